The van der Waals surface area contributed by atoms with Gasteiger partial charge in [0.25, 0.3) is 0 Å². The topological polar surface area (TPSA) is 110 Å². The Kier molecular flexibility index (Phi) is 7.35. The summed E-state index contributed by atoms with van der Waals surface area (Å²) < 4.78 is 14.9. The van der Waals surface area contributed by atoms with Gasteiger partial charge in [-0.2, -0.15) is 0 Å². The van der Waals surface area contributed by atoms with Gasteiger partial charge in [-0.15, -0.1) is 0 Å². The van der Waals surface area contributed by atoms with Crippen LogP contribution in [0.4, 0.5) is 36.9 Å². The first-order chi connectivity index (χ1) is 17.1. The molecule has 0 spiro atoms. The van der Waals surface area contributed by atoms with Gasteiger partial charge < -0.3 is 21.1 Å². The number of aliphatic hydroxyl groups excluding tert-OH is 1. The molecule has 4 amide bonds. The molecular formula is C26H35FN6O3. The quantitative estimate of drug-likeness (QED) is 0.460. The van der Waals surface area contributed by atoms with Crippen LogP contribution in [-0.2, 0) is 6.54 Å². The van der Waals surface area contributed by atoms with E-state index in [1.165, 1.54) is 23.5 Å². The van der Waals surface area contributed by atoms with Gasteiger partial charge in [0.15, 0.2) is 0 Å². The average Bonchev–Trinajstić information content (AvgIpc) is 2.85. The monoisotopic (exact) mass is 498 g/mol. The van der Waals surface area contributed by atoms with E-state index in [0.717, 1.165) is 31.2 Å². The van der Waals surface area contributed by atoms with Crippen LogP contribution < -0.4 is 25.8 Å². The zero-order valence-electron chi connectivity index (χ0n) is 21.3. The maximum atomic E-state index is 14.9. The van der Waals surface area contributed by atoms with Crippen molar-refractivity contribution in [1.82, 2.24) is 10.3 Å². The molecule has 10 heteroatoms. The highest BCUT2D eigenvalue weighted by atomic mass is 19.1. The molecular weight excluding hydrogens is 463 g/mol. The Bertz CT molecular complexity index is 1150. The molecule has 9 nitrogen and oxygen atoms in total. The number of halogens is 1. The number of fused-ring (bicyclic) bond motifs is 1. The van der Waals surface area contributed by atoms with E-state index in [9.17, 15) is 19.1 Å². The minimum Gasteiger partial charge on any atom is -0.394 e. The zero-order valence-corrected chi connectivity index (χ0v) is 21.3. The van der Waals surface area contributed by atoms with Crippen LogP contribution >= 0.6 is 0 Å². The normalized spacial score (nSPS) is 16.6. The summed E-state index contributed by atoms with van der Waals surface area (Å²) in [5.74, 6) is 0.0231. The fourth-order valence-electron chi connectivity index (χ4n) is 4.88. The molecule has 36 heavy (non-hydrogen) atoms. The van der Waals surface area contributed by atoms with E-state index in [2.05, 4.69) is 20.9 Å². The van der Waals surface area contributed by atoms with Crippen LogP contribution in [0, 0.1) is 12.7 Å². The van der Waals surface area contributed by atoms with Crippen LogP contribution in [0.3, 0.4) is 0 Å². The number of aliphatic hydroxyl groups is 1. The fraction of sp³-hybridized carbons (Fsp3) is 0.500. The third kappa shape index (κ3) is 5.09. The predicted molar refractivity (Wildman–Crippen MR) is 139 cm³/mol. The Morgan fingerprint density at radius 1 is 1.19 bits per heavy atom. The predicted octanol–water partition coefficient (Wildman–Crippen LogP) is 4.74. The van der Waals surface area contributed by atoms with Gasteiger partial charge >= 0.3 is 12.1 Å². The standard InChI is InChI=1S/C26H35FN6O3/c1-16-10-19(27)20(31-24(35)30-18-8-6-5-7-9-18)11-21(16)32-14-17-13-29-23(28-4)12-22(17)33(25(32)36)26(2,3)15-34/h10-13,18,34H,5-9,14-15H2,1-4H3,(H,28,29)(H2,30,31,35). The lowest BCUT2D eigenvalue weighted by molar-refractivity contribution is 0.202. The number of rotatable bonds is 6. The molecule has 2 aromatic rings. The summed E-state index contributed by atoms with van der Waals surface area (Å²) in [5, 5.41) is 18.6. The number of aryl methyl sites for hydroxylation is 1. The van der Waals surface area contributed by atoms with Gasteiger partial charge in [-0.3, -0.25) is 9.80 Å². The number of nitrogens with one attached hydrogen (secondary N) is 3. The Hall–Kier alpha value is -3.40. The van der Waals surface area contributed by atoms with Gasteiger partial charge in [-0.05, 0) is 51.3 Å². The van der Waals surface area contributed by atoms with Crippen molar-refractivity contribution in [1.29, 1.82) is 0 Å². The first-order valence-corrected chi connectivity index (χ1v) is 12.4. The van der Waals surface area contributed by atoms with E-state index in [1.807, 2.05) is 0 Å². The van der Waals surface area contributed by atoms with Gasteiger partial charge in [0.05, 0.1) is 35.8 Å². The molecule has 2 heterocycles. The lowest BCUT2D eigenvalue weighted by atomic mass is 9.96. The van der Waals surface area contributed by atoms with Gasteiger partial charge in [-0.25, -0.2) is 19.0 Å². The summed E-state index contributed by atoms with van der Waals surface area (Å²) in [6, 6.07) is 3.85. The third-order valence-corrected chi connectivity index (χ3v) is 6.97. The smallest absolute Gasteiger partial charge is 0.329 e. The van der Waals surface area contributed by atoms with Crippen molar-refractivity contribution in [2.75, 3.05) is 34.1 Å². The van der Waals surface area contributed by atoms with Crippen molar-refractivity contribution < 1.29 is 19.1 Å². The summed E-state index contributed by atoms with van der Waals surface area (Å²) in [6.45, 7) is 5.22. The number of hydrogen-bond acceptors (Lipinski definition) is 5. The molecule has 1 fully saturated rings. The minimum atomic E-state index is -0.911. The maximum Gasteiger partial charge on any atom is 0.329 e. The second kappa shape index (κ2) is 10.3. The number of amides is 4. The molecule has 1 aliphatic heterocycles. The molecule has 2 aliphatic rings. The van der Waals surface area contributed by atoms with Crippen LogP contribution in [0.25, 0.3) is 0 Å². The molecule has 4 rings (SSSR count). The summed E-state index contributed by atoms with van der Waals surface area (Å²) in [4.78, 5) is 33.9. The van der Waals surface area contributed by atoms with Crippen LogP contribution in [-0.4, -0.2) is 47.4 Å². The van der Waals surface area contributed by atoms with E-state index in [0.29, 0.717) is 22.8 Å². The molecule has 194 valence electrons. The van der Waals surface area contributed by atoms with Crippen molar-refractivity contribution in [3.05, 3.63) is 41.3 Å². The molecule has 0 saturated heterocycles. The molecule has 0 radical (unpaired) electrons. The first kappa shape index (κ1) is 25.7. The number of nitrogens with zero attached hydrogens (tertiary/aromatic N) is 3. The number of hydrogen-bond donors (Lipinski definition) is 4. The second-order valence-corrected chi connectivity index (χ2v) is 10.2. The Labute approximate surface area is 211 Å². The van der Waals surface area contributed by atoms with Crippen molar-refractivity contribution in [2.45, 2.75) is 71.0 Å². The van der Waals surface area contributed by atoms with Crippen LogP contribution in [0.1, 0.15) is 57.1 Å². The highest BCUT2D eigenvalue weighted by Gasteiger charge is 2.40. The maximum absolute atomic E-state index is 14.9. The second-order valence-electron chi connectivity index (χ2n) is 10.2. The first-order valence-electron chi connectivity index (χ1n) is 12.4. The summed E-state index contributed by atoms with van der Waals surface area (Å²) in [7, 11) is 1.74. The third-order valence-electron chi connectivity index (χ3n) is 6.97. The highest BCUT2D eigenvalue weighted by molar-refractivity contribution is 6.08. The van der Waals surface area contributed by atoms with Gasteiger partial charge in [-0.1, -0.05) is 19.3 Å². The SMILES string of the molecule is CNc1cc2c(cn1)CN(c1cc(NC(=O)NC3CCCCC3)c(F)cc1C)C(=O)N2C(C)(C)CO. The number of carbonyl (C=O) groups is 2. The molecule has 1 saturated carbocycles. The summed E-state index contributed by atoms with van der Waals surface area (Å²) in [5.41, 5.74) is 1.54. The Morgan fingerprint density at radius 2 is 1.92 bits per heavy atom. The van der Waals surface area contributed by atoms with Crippen molar-refractivity contribution in [3.8, 4) is 0 Å². The lowest BCUT2D eigenvalue weighted by Crippen LogP contribution is -2.58. The number of aromatic nitrogens is 1. The molecule has 0 unspecified atom stereocenters. The molecule has 0 bridgehead atoms. The molecule has 0 atom stereocenters. The minimum absolute atomic E-state index is 0.000805. The lowest BCUT2D eigenvalue weighted by Gasteiger charge is -2.45. The number of pyridine rings is 1. The van der Waals surface area contributed by atoms with E-state index in [1.54, 1.807) is 45.0 Å². The number of benzene rings is 1. The van der Waals surface area contributed by atoms with Crippen LogP contribution in [0.15, 0.2) is 24.4 Å². The zero-order chi connectivity index (χ0) is 26.0. The largest absolute Gasteiger partial charge is 0.394 e. The average molecular weight is 499 g/mol. The summed E-state index contributed by atoms with van der Waals surface area (Å²) >= 11 is 0. The fourth-order valence-corrected chi connectivity index (χ4v) is 4.88. The van der Waals surface area contributed by atoms with Gasteiger partial charge in [0, 0.05) is 30.9 Å². The van der Waals surface area contributed by atoms with E-state index < -0.39 is 17.4 Å². The van der Waals surface area contributed by atoms with Crippen molar-refractivity contribution >= 4 is 34.9 Å². The summed E-state index contributed by atoms with van der Waals surface area (Å²) in [6.07, 6.45) is 6.82. The van der Waals surface area contributed by atoms with Gasteiger partial charge in [0.1, 0.15) is 11.6 Å². The van der Waals surface area contributed by atoms with Crippen LogP contribution in [0.2, 0.25) is 0 Å². The number of carbonyl (C=O) groups excluding carboxylic acids is 2. The van der Waals surface area contributed by atoms with E-state index in [4.69, 9.17) is 0 Å². The van der Waals surface area contributed by atoms with E-state index >= 15 is 0 Å². The Morgan fingerprint density at radius 3 is 2.58 bits per heavy atom. The van der Waals surface area contributed by atoms with Crippen molar-refractivity contribution in [2.24, 2.45) is 0 Å². The Balaban J connectivity index is 1.67. The molecule has 1 aromatic carbocycles. The van der Waals surface area contributed by atoms with E-state index in [-0.39, 0.29) is 30.9 Å². The number of anilines is 4. The number of urea groups is 2. The molecule has 1 aromatic heterocycles. The highest BCUT2D eigenvalue weighted by Crippen LogP contribution is 2.39. The van der Waals surface area contributed by atoms with Crippen LogP contribution in [0.5, 0.6) is 0 Å². The molecule has 4 N–H and O–H groups in total. The molecule has 1 aliphatic carbocycles. The van der Waals surface area contributed by atoms with Gasteiger partial charge in [0.2, 0.25) is 0 Å². The van der Waals surface area contributed by atoms with Crippen molar-refractivity contribution in [3.63, 3.8) is 0 Å².